The van der Waals surface area contributed by atoms with E-state index in [1.54, 1.807) is 0 Å². The summed E-state index contributed by atoms with van der Waals surface area (Å²) in [4.78, 5) is 27.2. The lowest BCUT2D eigenvalue weighted by Gasteiger charge is -2.44. The standard InChI is InChI=1S/C15H27N3O3/c1-12(5-4-7-14(19)20)16-15(21)18-10-9-17-8-3-2-6-13(17)11-18/h12-13H,2-11H2,1H3,(H,16,21)(H,19,20). The van der Waals surface area contributed by atoms with Crippen molar-refractivity contribution in [3.8, 4) is 0 Å². The first-order valence-electron chi connectivity index (χ1n) is 8.07. The van der Waals surface area contributed by atoms with Crippen molar-refractivity contribution in [2.45, 2.75) is 57.5 Å². The Bertz CT molecular complexity index is 375. The lowest BCUT2D eigenvalue weighted by Crippen LogP contribution is -2.58. The average Bonchev–Trinajstić information content (AvgIpc) is 2.46. The number of carbonyl (C=O) groups is 2. The van der Waals surface area contributed by atoms with Gasteiger partial charge in [-0.15, -0.1) is 0 Å². The Balaban J connectivity index is 1.71. The van der Waals surface area contributed by atoms with Crippen molar-refractivity contribution >= 4 is 12.0 Å². The normalized spacial score (nSPS) is 24.2. The van der Waals surface area contributed by atoms with E-state index in [1.807, 2.05) is 11.8 Å². The van der Waals surface area contributed by atoms with Crippen LogP contribution in [0.1, 0.15) is 45.4 Å². The Morgan fingerprint density at radius 3 is 2.86 bits per heavy atom. The number of aliphatic carboxylic acids is 1. The molecule has 0 spiro atoms. The molecule has 2 rings (SSSR count). The molecule has 21 heavy (non-hydrogen) atoms. The molecule has 0 saturated carbocycles. The Morgan fingerprint density at radius 1 is 1.29 bits per heavy atom. The van der Waals surface area contributed by atoms with E-state index in [2.05, 4.69) is 10.2 Å². The van der Waals surface area contributed by atoms with Crippen molar-refractivity contribution in [3.05, 3.63) is 0 Å². The smallest absolute Gasteiger partial charge is 0.317 e. The van der Waals surface area contributed by atoms with E-state index in [-0.39, 0.29) is 18.5 Å². The number of nitrogens with one attached hydrogen (secondary N) is 1. The van der Waals surface area contributed by atoms with Crippen molar-refractivity contribution in [2.24, 2.45) is 0 Å². The molecule has 2 aliphatic rings. The largest absolute Gasteiger partial charge is 0.481 e. The summed E-state index contributed by atoms with van der Waals surface area (Å²) >= 11 is 0. The van der Waals surface area contributed by atoms with Crippen molar-refractivity contribution < 1.29 is 14.7 Å². The molecule has 0 aromatic heterocycles. The monoisotopic (exact) mass is 297 g/mol. The number of hydrogen-bond acceptors (Lipinski definition) is 3. The van der Waals surface area contributed by atoms with E-state index in [4.69, 9.17) is 5.11 Å². The van der Waals surface area contributed by atoms with Gasteiger partial charge in [-0.2, -0.15) is 0 Å². The predicted octanol–water partition coefficient (Wildman–Crippen LogP) is 1.51. The highest BCUT2D eigenvalue weighted by Gasteiger charge is 2.31. The summed E-state index contributed by atoms with van der Waals surface area (Å²) in [5.74, 6) is -0.776. The van der Waals surface area contributed by atoms with Crippen LogP contribution in [0, 0.1) is 0 Å². The fourth-order valence-electron chi connectivity index (χ4n) is 3.27. The highest BCUT2D eigenvalue weighted by atomic mass is 16.4. The summed E-state index contributed by atoms with van der Waals surface area (Å²) in [5.41, 5.74) is 0. The van der Waals surface area contributed by atoms with Crippen LogP contribution < -0.4 is 5.32 Å². The zero-order valence-electron chi connectivity index (χ0n) is 12.9. The second kappa shape index (κ2) is 7.64. The van der Waals surface area contributed by atoms with Crippen molar-refractivity contribution in [3.63, 3.8) is 0 Å². The number of fused-ring (bicyclic) bond motifs is 1. The third kappa shape index (κ3) is 4.88. The topological polar surface area (TPSA) is 72.9 Å². The van der Waals surface area contributed by atoms with Gasteiger partial charge in [0.2, 0.25) is 0 Å². The summed E-state index contributed by atoms with van der Waals surface area (Å²) in [7, 11) is 0. The maximum absolute atomic E-state index is 12.3. The van der Waals surface area contributed by atoms with Crippen LogP contribution in [0.15, 0.2) is 0 Å². The molecule has 2 unspecified atom stereocenters. The van der Waals surface area contributed by atoms with Gasteiger partial charge in [-0.05, 0) is 39.2 Å². The zero-order valence-corrected chi connectivity index (χ0v) is 12.9. The second-order valence-corrected chi connectivity index (χ2v) is 6.27. The first-order chi connectivity index (χ1) is 10.1. The maximum atomic E-state index is 12.3. The van der Waals surface area contributed by atoms with E-state index < -0.39 is 5.97 Å². The number of rotatable bonds is 5. The molecule has 0 aliphatic carbocycles. The van der Waals surface area contributed by atoms with Crippen LogP contribution in [0.4, 0.5) is 4.79 Å². The van der Waals surface area contributed by atoms with Crippen LogP contribution in [-0.2, 0) is 4.79 Å². The maximum Gasteiger partial charge on any atom is 0.317 e. The van der Waals surface area contributed by atoms with E-state index in [0.29, 0.717) is 18.9 Å². The molecule has 0 radical (unpaired) electrons. The van der Waals surface area contributed by atoms with Gasteiger partial charge >= 0.3 is 12.0 Å². The summed E-state index contributed by atoms with van der Waals surface area (Å²) < 4.78 is 0. The molecule has 0 aromatic rings. The van der Waals surface area contributed by atoms with E-state index in [9.17, 15) is 9.59 Å². The van der Waals surface area contributed by atoms with Crippen LogP contribution >= 0.6 is 0 Å². The molecule has 6 nitrogen and oxygen atoms in total. The average molecular weight is 297 g/mol. The van der Waals surface area contributed by atoms with Crippen LogP contribution in [-0.4, -0.2) is 65.2 Å². The molecule has 2 heterocycles. The summed E-state index contributed by atoms with van der Waals surface area (Å²) in [6.07, 6.45) is 5.22. The van der Waals surface area contributed by atoms with Gasteiger partial charge in [-0.3, -0.25) is 9.69 Å². The highest BCUT2D eigenvalue weighted by Crippen LogP contribution is 2.21. The van der Waals surface area contributed by atoms with Crippen molar-refractivity contribution in [1.82, 2.24) is 15.1 Å². The Morgan fingerprint density at radius 2 is 2.10 bits per heavy atom. The van der Waals surface area contributed by atoms with E-state index >= 15 is 0 Å². The Labute approximate surface area is 126 Å². The molecular weight excluding hydrogens is 270 g/mol. The lowest BCUT2D eigenvalue weighted by molar-refractivity contribution is -0.137. The first-order valence-corrected chi connectivity index (χ1v) is 8.07. The van der Waals surface area contributed by atoms with E-state index in [1.165, 1.54) is 25.8 Å². The molecule has 2 aliphatic heterocycles. The van der Waals surface area contributed by atoms with Gasteiger partial charge in [0.15, 0.2) is 0 Å². The summed E-state index contributed by atoms with van der Waals surface area (Å²) in [6, 6.07) is 0.560. The number of nitrogens with zero attached hydrogens (tertiary/aromatic N) is 2. The summed E-state index contributed by atoms with van der Waals surface area (Å²) in [6.45, 7) is 5.71. The number of carbonyl (C=O) groups excluding carboxylic acids is 1. The molecule has 2 atom stereocenters. The molecule has 2 N–H and O–H groups in total. The van der Waals surface area contributed by atoms with Crippen LogP contribution in [0.3, 0.4) is 0 Å². The third-order valence-electron chi connectivity index (χ3n) is 4.52. The number of hydrogen-bond donors (Lipinski definition) is 2. The number of piperazine rings is 1. The van der Waals surface area contributed by atoms with Gasteiger partial charge in [0.1, 0.15) is 0 Å². The fraction of sp³-hybridized carbons (Fsp3) is 0.867. The number of carboxylic acid groups (broad SMARTS) is 1. The van der Waals surface area contributed by atoms with Gasteiger partial charge in [0, 0.05) is 38.1 Å². The van der Waals surface area contributed by atoms with Crippen LogP contribution in [0.25, 0.3) is 0 Å². The van der Waals surface area contributed by atoms with Crippen LogP contribution in [0.5, 0.6) is 0 Å². The minimum atomic E-state index is -0.776. The Kier molecular flexibility index (Phi) is 5.85. The van der Waals surface area contributed by atoms with Gasteiger partial charge in [-0.1, -0.05) is 6.42 Å². The molecule has 0 aromatic carbocycles. The SMILES string of the molecule is CC(CCCC(=O)O)NC(=O)N1CCN2CCCCC2C1. The Hall–Kier alpha value is -1.30. The number of piperidine rings is 1. The number of amides is 2. The highest BCUT2D eigenvalue weighted by molar-refractivity contribution is 5.74. The second-order valence-electron chi connectivity index (χ2n) is 6.27. The van der Waals surface area contributed by atoms with Gasteiger partial charge < -0.3 is 15.3 Å². The molecular formula is C15H27N3O3. The number of carboxylic acids is 1. The first kappa shape index (κ1) is 16.1. The lowest BCUT2D eigenvalue weighted by atomic mass is 10.00. The third-order valence-corrected chi connectivity index (χ3v) is 4.52. The predicted molar refractivity (Wildman–Crippen MR) is 80.3 cm³/mol. The fourth-order valence-corrected chi connectivity index (χ4v) is 3.27. The quantitative estimate of drug-likeness (QED) is 0.807. The molecule has 0 bridgehead atoms. The molecule has 120 valence electrons. The number of urea groups is 1. The molecule has 2 saturated heterocycles. The molecule has 2 amide bonds. The zero-order chi connectivity index (χ0) is 15.2. The van der Waals surface area contributed by atoms with Crippen molar-refractivity contribution in [1.29, 1.82) is 0 Å². The summed E-state index contributed by atoms with van der Waals surface area (Å²) in [5, 5.41) is 11.6. The van der Waals surface area contributed by atoms with Gasteiger partial charge in [0.05, 0.1) is 0 Å². The van der Waals surface area contributed by atoms with Gasteiger partial charge in [0.25, 0.3) is 0 Å². The van der Waals surface area contributed by atoms with Crippen LogP contribution in [0.2, 0.25) is 0 Å². The molecule has 2 fully saturated rings. The minimum Gasteiger partial charge on any atom is -0.481 e. The van der Waals surface area contributed by atoms with E-state index in [0.717, 1.165) is 19.6 Å². The minimum absolute atomic E-state index is 0.00282. The van der Waals surface area contributed by atoms with Gasteiger partial charge in [-0.25, -0.2) is 4.79 Å². The molecule has 6 heteroatoms. The van der Waals surface area contributed by atoms with Crippen molar-refractivity contribution in [2.75, 3.05) is 26.2 Å².